The van der Waals surface area contributed by atoms with Crippen molar-refractivity contribution in [2.75, 3.05) is 5.75 Å². The molecule has 0 saturated heterocycles. The highest BCUT2D eigenvalue weighted by molar-refractivity contribution is 7.99. The van der Waals surface area contributed by atoms with Crippen molar-refractivity contribution in [1.82, 2.24) is 0 Å². The highest BCUT2D eigenvalue weighted by atomic mass is 32.2. The monoisotopic (exact) mass is 255 g/mol. The molecule has 0 spiro atoms. The first-order valence-electron chi connectivity index (χ1n) is 6.17. The van der Waals surface area contributed by atoms with E-state index in [-0.39, 0.29) is 17.1 Å². The molecule has 0 saturated carbocycles. The maximum absolute atomic E-state index is 13.2. The molecule has 0 fully saturated rings. The number of benzene rings is 1. The molecular formula is C14H22FNS. The molecular weight excluding hydrogens is 233 g/mol. The van der Waals surface area contributed by atoms with Gasteiger partial charge in [-0.15, -0.1) is 0 Å². The van der Waals surface area contributed by atoms with Gasteiger partial charge in [-0.05, 0) is 36.3 Å². The van der Waals surface area contributed by atoms with Crippen molar-refractivity contribution in [1.29, 1.82) is 0 Å². The normalized spacial score (nSPS) is 16.5. The van der Waals surface area contributed by atoms with Crippen LogP contribution in [0.3, 0.4) is 0 Å². The summed E-state index contributed by atoms with van der Waals surface area (Å²) in [5, 5.41) is 0.180. The van der Waals surface area contributed by atoms with E-state index in [0.29, 0.717) is 5.92 Å². The zero-order valence-corrected chi connectivity index (χ0v) is 11.6. The Morgan fingerprint density at radius 1 is 1.35 bits per heavy atom. The summed E-state index contributed by atoms with van der Waals surface area (Å²) in [6, 6.07) is 6.81. The highest BCUT2D eigenvalue weighted by Gasteiger charge is 2.18. The van der Waals surface area contributed by atoms with E-state index in [1.165, 1.54) is 12.5 Å². The molecule has 1 rings (SSSR count). The van der Waals surface area contributed by atoms with Gasteiger partial charge in [-0.1, -0.05) is 32.4 Å². The Morgan fingerprint density at radius 3 is 2.59 bits per heavy atom. The summed E-state index contributed by atoms with van der Waals surface area (Å²) in [6.07, 6.45) is 1.17. The third kappa shape index (κ3) is 4.68. The van der Waals surface area contributed by atoms with Crippen molar-refractivity contribution >= 4 is 11.8 Å². The molecule has 0 amide bonds. The predicted octanol–water partition coefficient (Wildman–Crippen LogP) is 3.99. The fourth-order valence-electron chi connectivity index (χ4n) is 1.62. The summed E-state index contributed by atoms with van der Waals surface area (Å²) in [6.45, 7) is 6.41. The van der Waals surface area contributed by atoms with Gasteiger partial charge in [0.25, 0.3) is 0 Å². The lowest BCUT2D eigenvalue weighted by Crippen LogP contribution is -2.23. The molecule has 0 aliphatic carbocycles. The van der Waals surface area contributed by atoms with Gasteiger partial charge in [-0.3, -0.25) is 0 Å². The van der Waals surface area contributed by atoms with Gasteiger partial charge in [0.15, 0.2) is 0 Å². The second-order valence-corrected chi connectivity index (χ2v) is 5.86. The molecule has 1 nitrogen and oxygen atoms in total. The quantitative estimate of drug-likeness (QED) is 0.831. The van der Waals surface area contributed by atoms with Gasteiger partial charge in [-0.25, -0.2) is 4.39 Å². The predicted molar refractivity (Wildman–Crippen MR) is 74.7 cm³/mol. The van der Waals surface area contributed by atoms with Crippen LogP contribution in [0.2, 0.25) is 0 Å². The first-order chi connectivity index (χ1) is 8.04. The van der Waals surface area contributed by atoms with Crippen molar-refractivity contribution in [2.45, 2.75) is 38.5 Å². The van der Waals surface area contributed by atoms with E-state index in [9.17, 15) is 4.39 Å². The molecule has 0 bridgehead atoms. The van der Waals surface area contributed by atoms with Gasteiger partial charge in [0.05, 0.1) is 0 Å². The lowest BCUT2D eigenvalue weighted by molar-refractivity contribution is 0.619. The Morgan fingerprint density at radius 2 is 2.06 bits per heavy atom. The second kappa shape index (κ2) is 7.02. The summed E-state index contributed by atoms with van der Waals surface area (Å²) in [4.78, 5) is 0. The van der Waals surface area contributed by atoms with Gasteiger partial charge in [0.2, 0.25) is 0 Å². The number of rotatable bonds is 6. The molecule has 0 aliphatic heterocycles. The summed E-state index contributed by atoms with van der Waals surface area (Å²) >= 11 is 1.83. The smallest absolute Gasteiger partial charge is 0.123 e. The zero-order chi connectivity index (χ0) is 12.8. The molecule has 0 aliphatic rings. The number of hydrogen-bond acceptors (Lipinski definition) is 2. The lowest BCUT2D eigenvalue weighted by Gasteiger charge is -2.22. The molecule has 0 heterocycles. The van der Waals surface area contributed by atoms with E-state index in [4.69, 9.17) is 5.73 Å². The Bertz CT molecular complexity index is 341. The van der Waals surface area contributed by atoms with Crippen LogP contribution in [0, 0.1) is 11.7 Å². The third-order valence-electron chi connectivity index (χ3n) is 2.91. The molecule has 3 unspecified atom stereocenters. The van der Waals surface area contributed by atoms with Crippen LogP contribution >= 0.6 is 11.8 Å². The molecule has 3 atom stereocenters. The Hall–Kier alpha value is -0.540. The van der Waals surface area contributed by atoms with Crippen molar-refractivity contribution in [3.05, 3.63) is 35.6 Å². The van der Waals surface area contributed by atoms with E-state index in [0.717, 1.165) is 11.3 Å². The molecule has 0 aromatic heterocycles. The maximum atomic E-state index is 13.2. The lowest BCUT2D eigenvalue weighted by atomic mass is 10.1. The number of halogens is 1. The fourth-order valence-corrected chi connectivity index (χ4v) is 3.04. The number of nitrogens with two attached hydrogens (primary N) is 1. The molecule has 0 radical (unpaired) electrons. The van der Waals surface area contributed by atoms with Crippen LogP contribution in [0.15, 0.2) is 24.3 Å². The first kappa shape index (κ1) is 14.5. The average Bonchev–Trinajstić information content (AvgIpc) is 2.28. The summed E-state index contributed by atoms with van der Waals surface area (Å²) < 4.78 is 13.2. The SMILES string of the molecule is CCC(C)CSC(c1cccc(F)c1)C(C)N. The molecule has 2 N–H and O–H groups in total. The number of hydrogen-bond donors (Lipinski definition) is 1. The van der Waals surface area contributed by atoms with Crippen LogP contribution in [0.4, 0.5) is 4.39 Å². The van der Waals surface area contributed by atoms with Gasteiger partial charge < -0.3 is 5.73 Å². The zero-order valence-electron chi connectivity index (χ0n) is 10.8. The molecule has 1 aromatic carbocycles. The highest BCUT2D eigenvalue weighted by Crippen LogP contribution is 2.33. The van der Waals surface area contributed by atoms with Crippen LogP contribution < -0.4 is 5.73 Å². The Labute approximate surface area is 108 Å². The van der Waals surface area contributed by atoms with Gasteiger partial charge in [0.1, 0.15) is 5.82 Å². The van der Waals surface area contributed by atoms with E-state index in [1.54, 1.807) is 12.1 Å². The minimum atomic E-state index is -0.183. The first-order valence-corrected chi connectivity index (χ1v) is 7.22. The van der Waals surface area contributed by atoms with Gasteiger partial charge in [-0.2, -0.15) is 11.8 Å². The van der Waals surface area contributed by atoms with Crippen LogP contribution in [0.5, 0.6) is 0 Å². The largest absolute Gasteiger partial charge is 0.327 e. The minimum Gasteiger partial charge on any atom is -0.327 e. The van der Waals surface area contributed by atoms with Crippen LogP contribution in [-0.4, -0.2) is 11.8 Å². The van der Waals surface area contributed by atoms with Crippen molar-refractivity contribution < 1.29 is 4.39 Å². The summed E-state index contributed by atoms with van der Waals surface area (Å²) in [7, 11) is 0. The average molecular weight is 255 g/mol. The van der Waals surface area contributed by atoms with E-state index >= 15 is 0 Å². The van der Waals surface area contributed by atoms with Crippen molar-refractivity contribution in [3.63, 3.8) is 0 Å². The van der Waals surface area contributed by atoms with E-state index in [2.05, 4.69) is 13.8 Å². The summed E-state index contributed by atoms with van der Waals surface area (Å²) in [5.41, 5.74) is 7.00. The molecule has 17 heavy (non-hydrogen) atoms. The second-order valence-electron chi connectivity index (χ2n) is 4.68. The van der Waals surface area contributed by atoms with E-state index < -0.39 is 0 Å². The number of thioether (sulfide) groups is 1. The minimum absolute atomic E-state index is 0.0332. The molecule has 1 aromatic rings. The van der Waals surface area contributed by atoms with Crippen LogP contribution in [-0.2, 0) is 0 Å². The fraction of sp³-hybridized carbons (Fsp3) is 0.571. The van der Waals surface area contributed by atoms with Crippen LogP contribution in [0.25, 0.3) is 0 Å². The topological polar surface area (TPSA) is 26.0 Å². The van der Waals surface area contributed by atoms with Crippen LogP contribution in [0.1, 0.15) is 38.0 Å². The maximum Gasteiger partial charge on any atom is 0.123 e. The standard InChI is InChI=1S/C14H22FNS/c1-4-10(2)9-17-14(11(3)16)12-6-5-7-13(15)8-12/h5-8,10-11,14H,4,9,16H2,1-3H3. The molecule has 3 heteroatoms. The van der Waals surface area contributed by atoms with Gasteiger partial charge in [0, 0.05) is 11.3 Å². The molecule has 96 valence electrons. The Kier molecular flexibility index (Phi) is 6.00. The van der Waals surface area contributed by atoms with Gasteiger partial charge >= 0.3 is 0 Å². The third-order valence-corrected chi connectivity index (χ3v) is 4.73. The van der Waals surface area contributed by atoms with Crippen molar-refractivity contribution in [2.24, 2.45) is 11.7 Å². The van der Waals surface area contributed by atoms with Crippen molar-refractivity contribution in [3.8, 4) is 0 Å². The summed E-state index contributed by atoms with van der Waals surface area (Å²) in [5.74, 6) is 1.56. The van der Waals surface area contributed by atoms with E-state index in [1.807, 2.05) is 24.8 Å². The Balaban J connectivity index is 2.72.